The minimum atomic E-state index is -0.216. The Labute approximate surface area is 91.8 Å². The number of terminal acetylenes is 1. The van der Waals surface area contributed by atoms with Crippen LogP contribution in [0.3, 0.4) is 0 Å². The molecule has 1 aliphatic rings. The van der Waals surface area contributed by atoms with E-state index in [0.29, 0.717) is 12.5 Å². The molecule has 2 atom stereocenters. The second-order valence-electron chi connectivity index (χ2n) is 4.44. The second kappa shape index (κ2) is 5.18. The number of carbonyl (C=O) groups is 1. The molecule has 1 saturated carbocycles. The molecular weight excluding hydrogens is 188 g/mol. The van der Waals surface area contributed by atoms with Crippen LogP contribution >= 0.6 is 0 Å². The minimum absolute atomic E-state index is 0.0725. The molecule has 0 aromatic rings. The first-order valence-corrected chi connectivity index (χ1v) is 5.59. The summed E-state index contributed by atoms with van der Waals surface area (Å²) in [5.74, 6) is 2.73. The van der Waals surface area contributed by atoms with Crippen molar-refractivity contribution in [3.05, 3.63) is 0 Å². The third kappa shape index (κ3) is 2.73. The average Bonchev–Trinajstić information content (AvgIpc) is 2.22. The molecule has 0 aliphatic heterocycles. The van der Waals surface area contributed by atoms with Crippen molar-refractivity contribution in [2.45, 2.75) is 44.6 Å². The molecule has 3 heteroatoms. The standard InChI is InChI=1S/C12H20N2O/c1-3-6-11(15)14-12(9-13)8-5-4-7-10(12)2/h1,10H,4-9,13H2,2H3,(H,14,15). The number of nitrogens with one attached hydrogen (secondary N) is 1. The van der Waals surface area contributed by atoms with Crippen LogP contribution in [0.25, 0.3) is 0 Å². The summed E-state index contributed by atoms with van der Waals surface area (Å²) < 4.78 is 0. The Kier molecular flexibility index (Phi) is 4.16. The van der Waals surface area contributed by atoms with Gasteiger partial charge in [-0.15, -0.1) is 6.42 Å². The van der Waals surface area contributed by atoms with Crippen LogP contribution in [0.2, 0.25) is 0 Å². The fraction of sp³-hybridized carbons (Fsp3) is 0.750. The Balaban J connectivity index is 2.66. The smallest absolute Gasteiger partial charge is 0.232 e. The van der Waals surface area contributed by atoms with Crippen molar-refractivity contribution >= 4 is 5.91 Å². The van der Waals surface area contributed by atoms with E-state index in [1.165, 1.54) is 6.42 Å². The van der Waals surface area contributed by atoms with Crippen molar-refractivity contribution in [2.24, 2.45) is 11.7 Å². The van der Waals surface area contributed by atoms with Gasteiger partial charge < -0.3 is 11.1 Å². The van der Waals surface area contributed by atoms with Gasteiger partial charge in [0.1, 0.15) is 0 Å². The van der Waals surface area contributed by atoms with Crippen LogP contribution in [0.1, 0.15) is 39.0 Å². The topological polar surface area (TPSA) is 55.1 Å². The van der Waals surface area contributed by atoms with E-state index < -0.39 is 0 Å². The molecule has 0 aromatic heterocycles. The normalized spacial score (nSPS) is 30.6. The Bertz CT molecular complexity index is 269. The summed E-state index contributed by atoms with van der Waals surface area (Å²) >= 11 is 0. The van der Waals surface area contributed by atoms with Gasteiger partial charge in [-0.1, -0.05) is 25.7 Å². The summed E-state index contributed by atoms with van der Waals surface area (Å²) in [6.45, 7) is 2.66. The Hall–Kier alpha value is -1.01. The zero-order valence-corrected chi connectivity index (χ0v) is 9.38. The van der Waals surface area contributed by atoms with E-state index in [-0.39, 0.29) is 17.9 Å². The van der Waals surface area contributed by atoms with E-state index in [9.17, 15) is 4.79 Å². The van der Waals surface area contributed by atoms with E-state index >= 15 is 0 Å². The van der Waals surface area contributed by atoms with Gasteiger partial charge in [-0.25, -0.2) is 0 Å². The van der Waals surface area contributed by atoms with Crippen LogP contribution in [0.15, 0.2) is 0 Å². The molecule has 3 N–H and O–H groups in total. The maximum absolute atomic E-state index is 11.5. The number of hydrogen-bond acceptors (Lipinski definition) is 2. The number of nitrogens with two attached hydrogens (primary N) is 1. The van der Waals surface area contributed by atoms with Crippen LogP contribution < -0.4 is 11.1 Å². The van der Waals surface area contributed by atoms with E-state index in [1.807, 2.05) is 0 Å². The molecule has 3 nitrogen and oxygen atoms in total. The first-order chi connectivity index (χ1) is 7.14. The van der Waals surface area contributed by atoms with Gasteiger partial charge in [-0.05, 0) is 18.8 Å². The monoisotopic (exact) mass is 208 g/mol. The molecule has 0 bridgehead atoms. The molecule has 1 aliphatic carbocycles. The lowest BCUT2D eigenvalue weighted by atomic mass is 9.73. The molecule has 0 aromatic carbocycles. The second-order valence-corrected chi connectivity index (χ2v) is 4.44. The van der Waals surface area contributed by atoms with Gasteiger partial charge in [0.25, 0.3) is 0 Å². The molecule has 1 fully saturated rings. The highest BCUT2D eigenvalue weighted by molar-refractivity contribution is 5.79. The lowest BCUT2D eigenvalue weighted by molar-refractivity contribution is -0.123. The first-order valence-electron chi connectivity index (χ1n) is 5.59. The quantitative estimate of drug-likeness (QED) is 0.681. The number of amides is 1. The third-order valence-corrected chi connectivity index (χ3v) is 3.47. The molecule has 84 valence electrons. The minimum Gasteiger partial charge on any atom is -0.348 e. The summed E-state index contributed by atoms with van der Waals surface area (Å²) in [5, 5.41) is 3.03. The summed E-state index contributed by atoms with van der Waals surface area (Å²) in [4.78, 5) is 11.5. The van der Waals surface area contributed by atoms with Crippen LogP contribution in [-0.2, 0) is 4.79 Å². The molecule has 1 rings (SSSR count). The summed E-state index contributed by atoms with van der Waals surface area (Å²) in [6.07, 6.45) is 9.73. The largest absolute Gasteiger partial charge is 0.348 e. The summed E-state index contributed by atoms with van der Waals surface area (Å²) in [6, 6.07) is 0. The van der Waals surface area contributed by atoms with Gasteiger partial charge in [0.05, 0.1) is 12.0 Å². The zero-order chi connectivity index (χ0) is 11.3. The third-order valence-electron chi connectivity index (χ3n) is 3.47. The average molecular weight is 208 g/mol. The highest BCUT2D eigenvalue weighted by Gasteiger charge is 2.37. The van der Waals surface area contributed by atoms with Gasteiger partial charge >= 0.3 is 0 Å². The molecule has 2 unspecified atom stereocenters. The van der Waals surface area contributed by atoms with Crippen LogP contribution in [0, 0.1) is 18.3 Å². The first kappa shape index (κ1) is 12.1. The number of hydrogen-bond donors (Lipinski definition) is 2. The van der Waals surface area contributed by atoms with Crippen molar-refractivity contribution in [3.8, 4) is 12.3 Å². The van der Waals surface area contributed by atoms with Crippen molar-refractivity contribution in [2.75, 3.05) is 6.54 Å². The Morgan fingerprint density at radius 2 is 2.40 bits per heavy atom. The van der Waals surface area contributed by atoms with Crippen molar-refractivity contribution in [1.29, 1.82) is 0 Å². The summed E-state index contributed by atoms with van der Waals surface area (Å²) in [5.41, 5.74) is 5.59. The molecule has 0 saturated heterocycles. The fourth-order valence-electron chi connectivity index (χ4n) is 2.37. The van der Waals surface area contributed by atoms with Gasteiger partial charge in [-0.3, -0.25) is 4.79 Å². The van der Waals surface area contributed by atoms with E-state index in [2.05, 4.69) is 18.2 Å². The van der Waals surface area contributed by atoms with Gasteiger partial charge in [0.15, 0.2) is 0 Å². The van der Waals surface area contributed by atoms with Gasteiger partial charge in [0, 0.05) is 6.54 Å². The van der Waals surface area contributed by atoms with Crippen molar-refractivity contribution < 1.29 is 4.79 Å². The molecule has 15 heavy (non-hydrogen) atoms. The molecule has 0 radical (unpaired) electrons. The highest BCUT2D eigenvalue weighted by Crippen LogP contribution is 2.32. The molecule has 1 amide bonds. The maximum Gasteiger partial charge on any atom is 0.232 e. The lowest BCUT2D eigenvalue weighted by Crippen LogP contribution is -2.59. The maximum atomic E-state index is 11.5. The van der Waals surface area contributed by atoms with E-state index in [0.717, 1.165) is 19.3 Å². The molecule has 0 spiro atoms. The van der Waals surface area contributed by atoms with Crippen molar-refractivity contribution in [3.63, 3.8) is 0 Å². The van der Waals surface area contributed by atoms with E-state index in [1.54, 1.807) is 0 Å². The predicted molar refractivity (Wildman–Crippen MR) is 61.0 cm³/mol. The van der Waals surface area contributed by atoms with Gasteiger partial charge in [0.2, 0.25) is 5.91 Å². The Morgan fingerprint density at radius 3 is 2.93 bits per heavy atom. The molecule has 0 heterocycles. The van der Waals surface area contributed by atoms with E-state index in [4.69, 9.17) is 12.2 Å². The van der Waals surface area contributed by atoms with Crippen LogP contribution in [-0.4, -0.2) is 18.0 Å². The number of rotatable bonds is 3. The lowest BCUT2D eigenvalue weighted by Gasteiger charge is -2.42. The SMILES string of the molecule is C#CCC(=O)NC1(CN)CCCCC1C. The Morgan fingerprint density at radius 1 is 1.67 bits per heavy atom. The predicted octanol–water partition coefficient (Wildman–Crippen LogP) is 1.03. The van der Waals surface area contributed by atoms with Crippen LogP contribution in [0.5, 0.6) is 0 Å². The number of carbonyl (C=O) groups excluding carboxylic acids is 1. The van der Waals surface area contributed by atoms with Crippen LogP contribution in [0.4, 0.5) is 0 Å². The zero-order valence-electron chi connectivity index (χ0n) is 9.38. The highest BCUT2D eigenvalue weighted by atomic mass is 16.1. The molecular formula is C12H20N2O. The van der Waals surface area contributed by atoms with Crippen molar-refractivity contribution in [1.82, 2.24) is 5.32 Å². The summed E-state index contributed by atoms with van der Waals surface area (Å²) in [7, 11) is 0. The van der Waals surface area contributed by atoms with Gasteiger partial charge in [-0.2, -0.15) is 0 Å². The fourth-order valence-corrected chi connectivity index (χ4v) is 2.37.